The molecule has 0 aliphatic carbocycles. The fraction of sp³-hybridized carbons (Fsp3) is 0.0588. The van der Waals surface area contributed by atoms with E-state index in [-0.39, 0.29) is 11.8 Å². The van der Waals surface area contributed by atoms with Gasteiger partial charge < -0.3 is 0 Å². The third kappa shape index (κ3) is 2.96. The number of imidazole rings is 1. The summed E-state index contributed by atoms with van der Waals surface area (Å²) in [5, 5.41) is 0. The summed E-state index contributed by atoms with van der Waals surface area (Å²) in [5.74, 6) is -0.781. The molecule has 1 aromatic heterocycles. The maximum Gasteiger partial charge on any atom is 0.333 e. The molecule has 1 heterocycles. The molecule has 0 unspecified atom stereocenters. The van der Waals surface area contributed by atoms with Crippen molar-refractivity contribution < 1.29 is 13.6 Å². The number of anilines is 1. The highest BCUT2D eigenvalue weighted by molar-refractivity contribution is 5.93. The molecule has 0 radical (unpaired) electrons. The Balaban J connectivity index is 1.86. The van der Waals surface area contributed by atoms with Gasteiger partial charge in [0.1, 0.15) is 18.0 Å². The molecule has 3 rings (SSSR count). The summed E-state index contributed by atoms with van der Waals surface area (Å²) in [4.78, 5) is 17.8. The molecule has 0 N–H and O–H groups in total. The summed E-state index contributed by atoms with van der Waals surface area (Å²) in [6.07, 6.45) is 2.78. The predicted octanol–water partition coefficient (Wildman–Crippen LogP) is 3.93. The van der Waals surface area contributed by atoms with Gasteiger partial charge >= 0.3 is 6.03 Å². The van der Waals surface area contributed by atoms with E-state index in [2.05, 4.69) is 4.98 Å². The molecular weight excluding hydrogens is 300 g/mol. The van der Waals surface area contributed by atoms with Crippen LogP contribution in [0.15, 0.2) is 61.1 Å². The third-order valence-electron chi connectivity index (χ3n) is 3.45. The second-order valence-electron chi connectivity index (χ2n) is 4.96. The lowest BCUT2D eigenvalue weighted by molar-refractivity contribution is 0.249. The van der Waals surface area contributed by atoms with E-state index in [0.717, 1.165) is 0 Å². The zero-order valence-corrected chi connectivity index (χ0v) is 12.3. The molecule has 0 aliphatic rings. The van der Waals surface area contributed by atoms with Crippen molar-refractivity contribution in [2.45, 2.75) is 0 Å². The topological polar surface area (TPSA) is 38.1 Å². The maximum atomic E-state index is 13.8. The number of hydrogen-bond donors (Lipinski definition) is 0. The Labute approximate surface area is 131 Å². The number of rotatable bonds is 2. The highest BCUT2D eigenvalue weighted by Gasteiger charge is 2.15. The monoisotopic (exact) mass is 313 g/mol. The van der Waals surface area contributed by atoms with E-state index < -0.39 is 5.82 Å². The molecule has 0 fully saturated rings. The van der Waals surface area contributed by atoms with Crippen molar-refractivity contribution in [2.24, 2.45) is 0 Å². The molecule has 1 amide bonds. The lowest BCUT2D eigenvalue weighted by Crippen LogP contribution is -2.30. The highest BCUT2D eigenvalue weighted by Crippen LogP contribution is 2.21. The first-order valence-electron chi connectivity index (χ1n) is 6.89. The summed E-state index contributed by atoms with van der Waals surface area (Å²) < 4.78 is 28.0. The minimum absolute atomic E-state index is 0.323. The first-order valence-corrected chi connectivity index (χ1v) is 6.89. The normalized spacial score (nSPS) is 10.6. The summed E-state index contributed by atoms with van der Waals surface area (Å²) in [6, 6.07) is 11.4. The number of carbonyl (C=O) groups is 1. The van der Waals surface area contributed by atoms with Crippen LogP contribution in [0.1, 0.15) is 0 Å². The smallest absolute Gasteiger partial charge is 0.297 e. The van der Waals surface area contributed by atoms with Gasteiger partial charge in [-0.1, -0.05) is 12.1 Å². The summed E-state index contributed by atoms with van der Waals surface area (Å²) in [7, 11) is 1.57. The van der Waals surface area contributed by atoms with Gasteiger partial charge in [0.05, 0.1) is 5.69 Å². The van der Waals surface area contributed by atoms with Crippen LogP contribution in [0.25, 0.3) is 11.3 Å². The molecule has 0 saturated carbocycles. The molecule has 0 bridgehead atoms. The van der Waals surface area contributed by atoms with Crippen LogP contribution in [0.4, 0.5) is 19.3 Å². The lowest BCUT2D eigenvalue weighted by atomic mass is 10.1. The second kappa shape index (κ2) is 6.00. The molecule has 23 heavy (non-hydrogen) atoms. The lowest BCUT2D eigenvalue weighted by Gasteiger charge is -2.17. The largest absolute Gasteiger partial charge is 0.333 e. The van der Waals surface area contributed by atoms with Gasteiger partial charge in [-0.25, -0.2) is 18.6 Å². The van der Waals surface area contributed by atoms with Gasteiger partial charge in [0.25, 0.3) is 0 Å². The third-order valence-corrected chi connectivity index (χ3v) is 3.45. The van der Waals surface area contributed by atoms with E-state index in [1.165, 1.54) is 52.3 Å². The molecule has 6 heteroatoms. The first-order chi connectivity index (χ1) is 11.1. The van der Waals surface area contributed by atoms with E-state index in [1.54, 1.807) is 25.2 Å². The van der Waals surface area contributed by atoms with Crippen LogP contribution in [-0.4, -0.2) is 22.6 Å². The Bertz CT molecular complexity index is 843. The molecular formula is C17H13F2N3O. The molecule has 4 nitrogen and oxygen atoms in total. The number of carbonyl (C=O) groups excluding carboxylic acids is 1. The standard InChI is InChI=1S/C17H13F2N3O/c1-21(13-8-6-12(18)7-9-13)17(23)22-10-16(20-11-22)14-4-2-3-5-15(14)19/h2-11H,1H3. The predicted molar refractivity (Wildman–Crippen MR) is 83.2 cm³/mol. The minimum atomic E-state index is -0.405. The second-order valence-corrected chi connectivity index (χ2v) is 4.96. The van der Waals surface area contributed by atoms with Crippen LogP contribution in [0, 0.1) is 11.6 Å². The number of aromatic nitrogens is 2. The molecule has 0 aliphatic heterocycles. The Morgan fingerprint density at radius 1 is 1.09 bits per heavy atom. The van der Waals surface area contributed by atoms with Crippen molar-refractivity contribution in [3.05, 3.63) is 72.7 Å². The zero-order valence-electron chi connectivity index (χ0n) is 12.3. The Morgan fingerprint density at radius 3 is 2.48 bits per heavy atom. The van der Waals surface area contributed by atoms with Crippen molar-refractivity contribution in [3.8, 4) is 11.3 Å². The van der Waals surface area contributed by atoms with E-state index >= 15 is 0 Å². The number of amides is 1. The Kier molecular flexibility index (Phi) is 3.89. The fourth-order valence-electron chi connectivity index (χ4n) is 2.18. The molecule has 3 aromatic rings. The molecule has 0 atom stereocenters. The summed E-state index contributed by atoms with van der Waals surface area (Å²) in [5.41, 5.74) is 1.23. The van der Waals surface area contributed by atoms with Crippen molar-refractivity contribution in [1.82, 2.24) is 9.55 Å². The minimum Gasteiger partial charge on any atom is -0.297 e. The van der Waals surface area contributed by atoms with Crippen molar-refractivity contribution in [3.63, 3.8) is 0 Å². The summed E-state index contributed by atoms with van der Waals surface area (Å²) >= 11 is 0. The van der Waals surface area contributed by atoms with Crippen LogP contribution in [0.5, 0.6) is 0 Å². The van der Waals surface area contributed by atoms with Gasteiger partial charge in [0.15, 0.2) is 0 Å². The van der Waals surface area contributed by atoms with Crippen molar-refractivity contribution >= 4 is 11.7 Å². The van der Waals surface area contributed by atoms with Gasteiger partial charge in [-0.15, -0.1) is 0 Å². The quantitative estimate of drug-likeness (QED) is 0.719. The van der Waals surface area contributed by atoms with Gasteiger partial charge in [-0.05, 0) is 36.4 Å². The number of halogens is 2. The number of nitrogens with zero attached hydrogens (tertiary/aromatic N) is 3. The van der Waals surface area contributed by atoms with Gasteiger partial charge in [-0.2, -0.15) is 0 Å². The van der Waals surface area contributed by atoms with E-state index in [0.29, 0.717) is 16.9 Å². The average Bonchev–Trinajstić information content (AvgIpc) is 3.04. The fourth-order valence-corrected chi connectivity index (χ4v) is 2.18. The zero-order chi connectivity index (χ0) is 16.4. The summed E-state index contributed by atoms with van der Waals surface area (Å²) in [6.45, 7) is 0. The van der Waals surface area contributed by atoms with E-state index in [1.807, 2.05) is 0 Å². The van der Waals surface area contributed by atoms with Crippen LogP contribution in [0.3, 0.4) is 0 Å². The van der Waals surface area contributed by atoms with Crippen LogP contribution in [-0.2, 0) is 0 Å². The van der Waals surface area contributed by atoms with Gasteiger partial charge in [0, 0.05) is 24.5 Å². The van der Waals surface area contributed by atoms with Crippen molar-refractivity contribution in [1.29, 1.82) is 0 Å². The van der Waals surface area contributed by atoms with Gasteiger partial charge in [-0.3, -0.25) is 9.47 Å². The molecule has 0 spiro atoms. The van der Waals surface area contributed by atoms with Crippen LogP contribution < -0.4 is 4.90 Å². The Morgan fingerprint density at radius 2 is 1.78 bits per heavy atom. The van der Waals surface area contributed by atoms with Crippen molar-refractivity contribution in [2.75, 3.05) is 11.9 Å². The molecule has 0 saturated heterocycles. The SMILES string of the molecule is CN(C(=O)n1cnc(-c2ccccc2F)c1)c1ccc(F)cc1. The number of benzene rings is 2. The molecule has 116 valence electrons. The van der Waals surface area contributed by atoms with Gasteiger partial charge in [0.2, 0.25) is 0 Å². The average molecular weight is 313 g/mol. The maximum absolute atomic E-state index is 13.8. The van der Waals surface area contributed by atoms with E-state index in [4.69, 9.17) is 0 Å². The van der Waals surface area contributed by atoms with Crippen LogP contribution >= 0.6 is 0 Å². The molecule has 2 aromatic carbocycles. The first kappa shape index (κ1) is 14.9. The van der Waals surface area contributed by atoms with Crippen LogP contribution in [0.2, 0.25) is 0 Å². The van der Waals surface area contributed by atoms with E-state index in [9.17, 15) is 13.6 Å². The Hall–Kier alpha value is -3.02. The highest BCUT2D eigenvalue weighted by atomic mass is 19.1. The number of hydrogen-bond acceptors (Lipinski definition) is 2.